The zero-order chi connectivity index (χ0) is 14.7. The van der Waals surface area contributed by atoms with E-state index in [0.29, 0.717) is 28.2 Å². The molecule has 1 amide bonds. The number of methoxy groups -OCH3 is 1. The lowest BCUT2D eigenvalue weighted by molar-refractivity contribution is 0.0599. The van der Waals surface area contributed by atoms with Gasteiger partial charge in [0, 0.05) is 11.9 Å². The van der Waals surface area contributed by atoms with E-state index in [4.69, 9.17) is 4.74 Å². The summed E-state index contributed by atoms with van der Waals surface area (Å²) in [5.41, 5.74) is 2.49. The topological polar surface area (TPSA) is 84.1 Å². The number of hydrogen-bond donors (Lipinski definition) is 2. The number of rotatable bonds is 3. The number of H-pyrrole nitrogens is 1. The van der Waals surface area contributed by atoms with E-state index >= 15 is 0 Å². The SMILES string of the molecule is COC(=O)c1c(C)[nH]c(C(=O)Nc2cccnc2)c1C. The van der Waals surface area contributed by atoms with E-state index in [9.17, 15) is 9.59 Å². The molecule has 2 aromatic heterocycles. The molecule has 104 valence electrons. The van der Waals surface area contributed by atoms with Crippen molar-refractivity contribution in [1.29, 1.82) is 0 Å². The summed E-state index contributed by atoms with van der Waals surface area (Å²) in [6.45, 7) is 3.42. The second kappa shape index (κ2) is 5.56. The van der Waals surface area contributed by atoms with Crippen molar-refractivity contribution in [2.24, 2.45) is 0 Å². The predicted octanol–water partition coefficient (Wildman–Crippen LogP) is 2.07. The van der Waals surface area contributed by atoms with Crippen LogP contribution in [0.15, 0.2) is 24.5 Å². The first-order valence-electron chi connectivity index (χ1n) is 6.03. The summed E-state index contributed by atoms with van der Waals surface area (Å²) in [4.78, 5) is 30.7. The molecule has 6 nitrogen and oxygen atoms in total. The summed E-state index contributed by atoms with van der Waals surface area (Å²) < 4.78 is 4.71. The molecule has 0 aromatic carbocycles. The summed E-state index contributed by atoms with van der Waals surface area (Å²) in [7, 11) is 1.31. The highest BCUT2D eigenvalue weighted by molar-refractivity contribution is 6.06. The Morgan fingerprint density at radius 3 is 2.70 bits per heavy atom. The lowest BCUT2D eigenvalue weighted by Gasteiger charge is -2.04. The molecule has 0 aliphatic rings. The molecule has 0 saturated carbocycles. The van der Waals surface area contributed by atoms with E-state index in [1.165, 1.54) is 7.11 Å². The van der Waals surface area contributed by atoms with Crippen LogP contribution in [0.25, 0.3) is 0 Å². The first-order chi connectivity index (χ1) is 9.54. The van der Waals surface area contributed by atoms with Gasteiger partial charge in [-0.3, -0.25) is 9.78 Å². The molecule has 0 spiro atoms. The van der Waals surface area contributed by atoms with E-state index in [1.807, 2.05) is 0 Å². The molecule has 20 heavy (non-hydrogen) atoms. The van der Waals surface area contributed by atoms with Crippen molar-refractivity contribution in [3.63, 3.8) is 0 Å². The molecule has 0 fully saturated rings. The molecule has 2 heterocycles. The number of amides is 1. The van der Waals surface area contributed by atoms with E-state index in [0.717, 1.165) is 0 Å². The van der Waals surface area contributed by atoms with Crippen LogP contribution in [0.2, 0.25) is 0 Å². The molecular formula is C14H15N3O3. The number of aryl methyl sites for hydroxylation is 1. The van der Waals surface area contributed by atoms with Gasteiger partial charge in [-0.2, -0.15) is 0 Å². The number of nitrogens with zero attached hydrogens (tertiary/aromatic N) is 1. The van der Waals surface area contributed by atoms with Gasteiger partial charge in [-0.25, -0.2) is 4.79 Å². The van der Waals surface area contributed by atoms with Gasteiger partial charge in [0.05, 0.1) is 24.6 Å². The average Bonchev–Trinajstić information content (AvgIpc) is 2.74. The quantitative estimate of drug-likeness (QED) is 0.838. The van der Waals surface area contributed by atoms with Gasteiger partial charge in [0.2, 0.25) is 0 Å². The fraction of sp³-hybridized carbons (Fsp3) is 0.214. The number of pyridine rings is 1. The van der Waals surface area contributed by atoms with Crippen LogP contribution in [-0.2, 0) is 4.74 Å². The number of aromatic amines is 1. The molecule has 0 aliphatic heterocycles. The molecule has 0 bridgehead atoms. The fourth-order valence-electron chi connectivity index (χ4n) is 2.02. The largest absolute Gasteiger partial charge is 0.465 e. The Bertz CT molecular complexity index is 647. The van der Waals surface area contributed by atoms with Crippen LogP contribution >= 0.6 is 0 Å². The minimum atomic E-state index is -0.461. The number of hydrogen-bond acceptors (Lipinski definition) is 4. The fourth-order valence-corrected chi connectivity index (χ4v) is 2.02. The highest BCUT2D eigenvalue weighted by atomic mass is 16.5. The van der Waals surface area contributed by atoms with Crippen molar-refractivity contribution in [3.05, 3.63) is 47.0 Å². The first-order valence-corrected chi connectivity index (χ1v) is 6.03. The van der Waals surface area contributed by atoms with Crippen LogP contribution in [0.4, 0.5) is 5.69 Å². The Labute approximate surface area is 116 Å². The Morgan fingerprint density at radius 2 is 2.10 bits per heavy atom. The van der Waals surface area contributed by atoms with Gasteiger partial charge in [0.25, 0.3) is 5.91 Å². The van der Waals surface area contributed by atoms with Crippen molar-refractivity contribution in [3.8, 4) is 0 Å². The number of carbonyl (C=O) groups is 2. The van der Waals surface area contributed by atoms with Gasteiger partial charge in [-0.15, -0.1) is 0 Å². The summed E-state index contributed by atoms with van der Waals surface area (Å²) in [6.07, 6.45) is 3.17. The molecule has 0 unspecified atom stereocenters. The van der Waals surface area contributed by atoms with Crippen molar-refractivity contribution in [1.82, 2.24) is 9.97 Å². The third-order valence-corrected chi connectivity index (χ3v) is 2.97. The van der Waals surface area contributed by atoms with Crippen molar-refractivity contribution >= 4 is 17.6 Å². The van der Waals surface area contributed by atoms with Crippen molar-refractivity contribution in [2.45, 2.75) is 13.8 Å². The summed E-state index contributed by atoms with van der Waals surface area (Å²) >= 11 is 0. The van der Waals surface area contributed by atoms with E-state index in [-0.39, 0.29) is 5.91 Å². The zero-order valence-electron chi connectivity index (χ0n) is 11.5. The number of aromatic nitrogens is 2. The lowest BCUT2D eigenvalue weighted by Crippen LogP contribution is -2.14. The smallest absolute Gasteiger partial charge is 0.339 e. The molecular weight excluding hydrogens is 258 g/mol. The maximum atomic E-state index is 12.2. The second-order valence-corrected chi connectivity index (χ2v) is 4.31. The predicted molar refractivity (Wildman–Crippen MR) is 73.8 cm³/mol. The standard InChI is InChI=1S/C14H15N3O3/c1-8-11(14(19)20-3)9(2)16-12(8)13(18)17-10-5-4-6-15-7-10/h4-7,16H,1-3H3,(H,17,18). The van der Waals surface area contributed by atoms with Gasteiger partial charge in [-0.1, -0.05) is 0 Å². The van der Waals surface area contributed by atoms with Crippen LogP contribution in [0.1, 0.15) is 32.1 Å². The molecule has 2 aromatic rings. The normalized spacial score (nSPS) is 10.2. The van der Waals surface area contributed by atoms with Crippen LogP contribution in [0, 0.1) is 13.8 Å². The van der Waals surface area contributed by atoms with E-state index in [2.05, 4.69) is 15.3 Å². The summed E-state index contributed by atoms with van der Waals surface area (Å²) in [6, 6.07) is 3.46. The Kier molecular flexibility index (Phi) is 3.84. The molecule has 0 aliphatic carbocycles. The monoisotopic (exact) mass is 273 g/mol. The highest BCUT2D eigenvalue weighted by Crippen LogP contribution is 2.19. The van der Waals surface area contributed by atoms with Gasteiger partial charge < -0.3 is 15.0 Å². The number of ether oxygens (including phenoxy) is 1. The third-order valence-electron chi connectivity index (χ3n) is 2.97. The van der Waals surface area contributed by atoms with Gasteiger partial charge in [0.15, 0.2) is 0 Å². The van der Waals surface area contributed by atoms with Gasteiger partial charge >= 0.3 is 5.97 Å². The molecule has 0 radical (unpaired) electrons. The van der Waals surface area contributed by atoms with Crippen LogP contribution in [0.3, 0.4) is 0 Å². The molecule has 2 N–H and O–H groups in total. The lowest BCUT2D eigenvalue weighted by atomic mass is 10.1. The third kappa shape index (κ3) is 2.54. The van der Waals surface area contributed by atoms with Gasteiger partial charge in [0.1, 0.15) is 5.69 Å². The maximum absolute atomic E-state index is 12.2. The van der Waals surface area contributed by atoms with Gasteiger partial charge in [-0.05, 0) is 31.5 Å². The van der Waals surface area contributed by atoms with Crippen LogP contribution in [-0.4, -0.2) is 29.0 Å². The van der Waals surface area contributed by atoms with Crippen LogP contribution in [0.5, 0.6) is 0 Å². The average molecular weight is 273 g/mol. The van der Waals surface area contributed by atoms with Crippen LogP contribution < -0.4 is 5.32 Å². The molecule has 0 atom stereocenters. The minimum Gasteiger partial charge on any atom is -0.465 e. The summed E-state index contributed by atoms with van der Waals surface area (Å²) in [5.74, 6) is -0.787. The van der Waals surface area contributed by atoms with Crippen molar-refractivity contribution < 1.29 is 14.3 Å². The summed E-state index contributed by atoms with van der Waals surface area (Å²) in [5, 5.41) is 2.71. The first kappa shape index (κ1) is 13.8. The zero-order valence-corrected chi connectivity index (χ0v) is 11.5. The molecule has 6 heteroatoms. The minimum absolute atomic E-state index is 0.325. The van der Waals surface area contributed by atoms with E-state index in [1.54, 1.807) is 38.4 Å². The maximum Gasteiger partial charge on any atom is 0.339 e. The van der Waals surface area contributed by atoms with Crippen molar-refractivity contribution in [2.75, 3.05) is 12.4 Å². The Morgan fingerprint density at radius 1 is 1.35 bits per heavy atom. The molecule has 2 rings (SSSR count). The number of esters is 1. The number of carbonyl (C=O) groups excluding carboxylic acids is 2. The second-order valence-electron chi connectivity index (χ2n) is 4.31. The highest BCUT2D eigenvalue weighted by Gasteiger charge is 2.22. The number of nitrogens with one attached hydrogen (secondary N) is 2. The molecule has 0 saturated heterocycles. The number of anilines is 1. The Balaban J connectivity index is 2.30. The Hall–Kier alpha value is -2.63. The van der Waals surface area contributed by atoms with E-state index < -0.39 is 5.97 Å².